The van der Waals surface area contributed by atoms with E-state index in [9.17, 15) is 9.18 Å². The molecule has 1 aromatic heterocycles. The fraction of sp³-hybridized carbons (Fsp3) is 0. The molecule has 1 amide bonds. The van der Waals surface area contributed by atoms with E-state index in [1.165, 1.54) is 6.07 Å². The smallest absolute Gasteiger partial charge is 0.259 e. The number of benzene rings is 2. The molecule has 0 radical (unpaired) electrons. The molecule has 3 aromatic rings. The molecule has 2 N–H and O–H groups in total. The predicted molar refractivity (Wildman–Crippen MR) is 96.0 cm³/mol. The van der Waals surface area contributed by atoms with Crippen molar-refractivity contribution in [3.05, 3.63) is 82.7 Å². The summed E-state index contributed by atoms with van der Waals surface area (Å²) in [6.45, 7) is 0. The molecule has 0 unspecified atom stereocenters. The van der Waals surface area contributed by atoms with Gasteiger partial charge in [0.25, 0.3) is 5.91 Å². The van der Waals surface area contributed by atoms with E-state index in [0.29, 0.717) is 11.3 Å². The Bertz CT molecular complexity index is 885. The third-order valence-corrected chi connectivity index (χ3v) is 3.76. The van der Waals surface area contributed by atoms with Crippen molar-refractivity contribution in [2.24, 2.45) is 0 Å². The highest BCUT2D eigenvalue weighted by atomic mass is 79.9. The Morgan fingerprint density at radius 2 is 1.88 bits per heavy atom. The van der Waals surface area contributed by atoms with Crippen LogP contribution in [0.15, 0.2) is 71.3 Å². The van der Waals surface area contributed by atoms with E-state index in [4.69, 9.17) is 0 Å². The lowest BCUT2D eigenvalue weighted by Gasteiger charge is -2.12. The predicted octanol–water partition coefficient (Wildman–Crippen LogP) is 4.98. The second-order valence-corrected chi connectivity index (χ2v) is 5.88. The van der Waals surface area contributed by atoms with Crippen LogP contribution in [0.25, 0.3) is 0 Å². The van der Waals surface area contributed by atoms with Crippen LogP contribution in [0.3, 0.4) is 0 Å². The van der Waals surface area contributed by atoms with Gasteiger partial charge in [-0.15, -0.1) is 0 Å². The largest absolute Gasteiger partial charge is 0.337 e. The van der Waals surface area contributed by atoms with E-state index in [1.54, 1.807) is 48.7 Å². The second kappa shape index (κ2) is 7.23. The molecule has 120 valence electrons. The molecule has 24 heavy (non-hydrogen) atoms. The molecular formula is C18H13BrFN3O. The van der Waals surface area contributed by atoms with Crippen LogP contribution in [0.4, 0.5) is 21.6 Å². The first kappa shape index (κ1) is 16.1. The monoisotopic (exact) mass is 385 g/mol. The van der Waals surface area contributed by atoms with Gasteiger partial charge in [-0.3, -0.25) is 4.79 Å². The summed E-state index contributed by atoms with van der Waals surface area (Å²) >= 11 is 3.36. The Labute approximate surface area is 146 Å². The molecule has 6 heteroatoms. The first-order chi connectivity index (χ1) is 11.6. The van der Waals surface area contributed by atoms with E-state index < -0.39 is 5.82 Å². The summed E-state index contributed by atoms with van der Waals surface area (Å²) in [7, 11) is 0. The number of carbonyl (C=O) groups excluding carboxylic acids is 1. The summed E-state index contributed by atoms with van der Waals surface area (Å²) < 4.78 is 14.7. The van der Waals surface area contributed by atoms with Crippen molar-refractivity contribution >= 4 is 39.0 Å². The van der Waals surface area contributed by atoms with Gasteiger partial charge in [-0.05, 0) is 42.5 Å². The minimum absolute atomic E-state index is 0.257. The lowest BCUT2D eigenvalue weighted by Crippen LogP contribution is -2.14. The van der Waals surface area contributed by atoms with Gasteiger partial charge in [-0.2, -0.15) is 0 Å². The average molecular weight is 386 g/mol. The topological polar surface area (TPSA) is 54.0 Å². The molecular weight excluding hydrogens is 373 g/mol. The summed E-state index contributed by atoms with van der Waals surface area (Å²) in [6.07, 6.45) is 1.54. The van der Waals surface area contributed by atoms with Crippen LogP contribution < -0.4 is 10.6 Å². The highest BCUT2D eigenvalue weighted by Crippen LogP contribution is 2.22. The van der Waals surface area contributed by atoms with E-state index in [0.717, 1.165) is 4.47 Å². The van der Waals surface area contributed by atoms with Crippen LogP contribution in [-0.4, -0.2) is 10.9 Å². The van der Waals surface area contributed by atoms with Crippen LogP contribution in [-0.2, 0) is 0 Å². The summed E-state index contributed by atoms with van der Waals surface area (Å²) in [6, 6.07) is 16.8. The Hall–Kier alpha value is -2.73. The molecule has 4 nitrogen and oxygen atoms in total. The summed E-state index contributed by atoms with van der Waals surface area (Å²) in [5.74, 6) is -0.461. The van der Waals surface area contributed by atoms with Gasteiger partial charge >= 0.3 is 0 Å². The van der Waals surface area contributed by atoms with Crippen molar-refractivity contribution < 1.29 is 9.18 Å². The van der Waals surface area contributed by atoms with Gasteiger partial charge < -0.3 is 10.6 Å². The molecule has 1 heterocycles. The highest BCUT2D eigenvalue weighted by Gasteiger charge is 2.14. The average Bonchev–Trinajstić information content (AvgIpc) is 2.57. The molecule has 0 spiro atoms. The number of rotatable bonds is 4. The van der Waals surface area contributed by atoms with Crippen LogP contribution >= 0.6 is 15.9 Å². The van der Waals surface area contributed by atoms with Gasteiger partial charge in [0, 0.05) is 16.4 Å². The van der Waals surface area contributed by atoms with Crippen molar-refractivity contribution in [1.29, 1.82) is 0 Å². The zero-order valence-corrected chi connectivity index (χ0v) is 14.0. The van der Waals surface area contributed by atoms with Gasteiger partial charge in [-0.25, -0.2) is 9.37 Å². The Morgan fingerprint density at radius 3 is 2.67 bits per heavy atom. The summed E-state index contributed by atoms with van der Waals surface area (Å²) in [5, 5.41) is 5.66. The standard InChI is InChI=1S/C18H13BrFN3O/c19-12-5-3-6-13(11-12)22-18(24)14-7-4-10-21-17(14)23-16-9-2-1-8-15(16)20/h1-11H,(H,21,23)(H,22,24). The van der Waals surface area contributed by atoms with E-state index in [-0.39, 0.29) is 17.4 Å². The maximum atomic E-state index is 13.8. The number of halogens is 2. The molecule has 0 saturated heterocycles. The lowest BCUT2D eigenvalue weighted by atomic mass is 10.2. The van der Waals surface area contributed by atoms with Crippen molar-refractivity contribution in [3.63, 3.8) is 0 Å². The van der Waals surface area contributed by atoms with Gasteiger partial charge in [0.1, 0.15) is 11.6 Å². The van der Waals surface area contributed by atoms with E-state index in [1.807, 2.05) is 12.1 Å². The first-order valence-electron chi connectivity index (χ1n) is 7.17. The zero-order chi connectivity index (χ0) is 16.9. The number of pyridine rings is 1. The minimum Gasteiger partial charge on any atom is -0.337 e. The SMILES string of the molecule is O=C(Nc1cccc(Br)c1)c1cccnc1Nc1ccccc1F. The summed E-state index contributed by atoms with van der Waals surface area (Å²) in [5.41, 5.74) is 1.23. The van der Waals surface area contributed by atoms with Crippen molar-refractivity contribution in [2.75, 3.05) is 10.6 Å². The Kier molecular flexibility index (Phi) is 4.86. The van der Waals surface area contributed by atoms with Crippen LogP contribution in [0, 0.1) is 5.82 Å². The van der Waals surface area contributed by atoms with Crippen molar-refractivity contribution in [1.82, 2.24) is 4.98 Å². The quantitative estimate of drug-likeness (QED) is 0.665. The van der Waals surface area contributed by atoms with E-state index in [2.05, 4.69) is 31.5 Å². The van der Waals surface area contributed by atoms with Gasteiger partial charge in [-0.1, -0.05) is 34.1 Å². The minimum atomic E-state index is -0.415. The van der Waals surface area contributed by atoms with Gasteiger partial charge in [0.15, 0.2) is 0 Å². The lowest BCUT2D eigenvalue weighted by molar-refractivity contribution is 0.102. The third-order valence-electron chi connectivity index (χ3n) is 3.26. The zero-order valence-electron chi connectivity index (χ0n) is 12.5. The Morgan fingerprint density at radius 1 is 1.04 bits per heavy atom. The number of hydrogen-bond donors (Lipinski definition) is 2. The first-order valence-corrected chi connectivity index (χ1v) is 7.96. The number of nitrogens with zero attached hydrogens (tertiary/aromatic N) is 1. The molecule has 0 atom stereocenters. The van der Waals surface area contributed by atoms with E-state index >= 15 is 0 Å². The second-order valence-electron chi connectivity index (χ2n) is 4.97. The summed E-state index contributed by atoms with van der Waals surface area (Å²) in [4.78, 5) is 16.7. The molecule has 0 fully saturated rings. The molecule has 0 aliphatic rings. The van der Waals surface area contributed by atoms with Crippen molar-refractivity contribution in [3.8, 4) is 0 Å². The highest BCUT2D eigenvalue weighted by molar-refractivity contribution is 9.10. The maximum Gasteiger partial charge on any atom is 0.259 e. The Balaban J connectivity index is 1.86. The molecule has 3 rings (SSSR count). The molecule has 0 bridgehead atoms. The fourth-order valence-electron chi connectivity index (χ4n) is 2.14. The maximum absolute atomic E-state index is 13.8. The number of para-hydroxylation sites is 1. The van der Waals surface area contributed by atoms with Crippen LogP contribution in [0.1, 0.15) is 10.4 Å². The number of nitrogens with one attached hydrogen (secondary N) is 2. The van der Waals surface area contributed by atoms with Gasteiger partial charge in [0.05, 0.1) is 11.3 Å². The third kappa shape index (κ3) is 3.78. The number of amides is 1. The molecule has 0 aliphatic carbocycles. The normalized spacial score (nSPS) is 10.2. The van der Waals surface area contributed by atoms with Crippen molar-refractivity contribution in [2.45, 2.75) is 0 Å². The number of aromatic nitrogens is 1. The fourth-order valence-corrected chi connectivity index (χ4v) is 2.54. The number of anilines is 3. The molecule has 2 aromatic carbocycles. The van der Waals surface area contributed by atoms with Gasteiger partial charge in [0.2, 0.25) is 0 Å². The van der Waals surface area contributed by atoms with Crippen LogP contribution in [0.2, 0.25) is 0 Å². The number of hydrogen-bond acceptors (Lipinski definition) is 3. The number of carbonyl (C=O) groups is 1. The molecule has 0 aliphatic heterocycles. The molecule has 0 saturated carbocycles. The van der Waals surface area contributed by atoms with Crippen LogP contribution in [0.5, 0.6) is 0 Å².